The summed E-state index contributed by atoms with van der Waals surface area (Å²) in [5.74, 6) is 0.524. The third kappa shape index (κ3) is 4.25. The van der Waals surface area contributed by atoms with Crippen LogP contribution in [0.1, 0.15) is 11.3 Å². The van der Waals surface area contributed by atoms with Crippen LogP contribution in [0.2, 0.25) is 5.02 Å². The van der Waals surface area contributed by atoms with Crippen LogP contribution in [-0.4, -0.2) is 28.1 Å². The first-order valence-corrected chi connectivity index (χ1v) is 9.99. The van der Waals surface area contributed by atoms with Gasteiger partial charge in [0, 0.05) is 41.2 Å². The normalized spacial score (nSPS) is 11.2. The molecule has 0 atom stereocenters. The number of ether oxygens (including phenoxy) is 2. The van der Waals surface area contributed by atoms with E-state index in [1.54, 1.807) is 23.9 Å². The number of rotatable bonds is 7. The third-order valence-corrected chi connectivity index (χ3v) is 5.23. The SMILES string of the molecule is COCCn1nc2ccc(-n3ccc(OCc4ccc(Cl)cc4)cc3=O)cc2c1C. The van der Waals surface area contributed by atoms with Crippen LogP contribution in [0.25, 0.3) is 16.6 Å². The van der Waals surface area contributed by atoms with E-state index in [4.69, 9.17) is 21.1 Å². The Bertz CT molecular complexity index is 1230. The molecule has 4 aromatic rings. The minimum Gasteiger partial charge on any atom is -0.489 e. The third-order valence-electron chi connectivity index (χ3n) is 4.98. The van der Waals surface area contributed by atoms with Crippen LogP contribution >= 0.6 is 11.6 Å². The lowest BCUT2D eigenvalue weighted by molar-refractivity contribution is 0.183. The van der Waals surface area contributed by atoms with Gasteiger partial charge in [-0.05, 0) is 48.9 Å². The van der Waals surface area contributed by atoms with E-state index in [1.807, 2.05) is 54.1 Å². The number of aryl methyl sites for hydroxylation is 1. The summed E-state index contributed by atoms with van der Waals surface area (Å²) in [6, 6.07) is 16.5. The predicted molar refractivity (Wildman–Crippen MR) is 118 cm³/mol. The van der Waals surface area contributed by atoms with Gasteiger partial charge in [0.05, 0.1) is 18.7 Å². The smallest absolute Gasteiger partial charge is 0.258 e. The van der Waals surface area contributed by atoms with Crippen molar-refractivity contribution < 1.29 is 9.47 Å². The molecule has 0 unspecified atom stereocenters. The Morgan fingerprint density at radius 2 is 1.87 bits per heavy atom. The van der Waals surface area contributed by atoms with Gasteiger partial charge < -0.3 is 9.47 Å². The van der Waals surface area contributed by atoms with E-state index in [9.17, 15) is 4.79 Å². The molecule has 0 fully saturated rings. The first-order valence-electron chi connectivity index (χ1n) is 9.61. The van der Waals surface area contributed by atoms with Crippen molar-refractivity contribution in [3.63, 3.8) is 0 Å². The van der Waals surface area contributed by atoms with Crippen LogP contribution in [-0.2, 0) is 17.9 Å². The van der Waals surface area contributed by atoms with Gasteiger partial charge in [0.1, 0.15) is 12.4 Å². The maximum absolute atomic E-state index is 12.7. The first-order chi connectivity index (χ1) is 14.5. The molecule has 2 heterocycles. The number of fused-ring (bicyclic) bond motifs is 1. The molecule has 0 N–H and O–H groups in total. The van der Waals surface area contributed by atoms with Gasteiger partial charge >= 0.3 is 0 Å². The minimum absolute atomic E-state index is 0.160. The number of pyridine rings is 1. The highest BCUT2D eigenvalue weighted by Gasteiger charge is 2.10. The highest BCUT2D eigenvalue weighted by Crippen LogP contribution is 2.21. The molecule has 0 radical (unpaired) electrons. The van der Waals surface area contributed by atoms with E-state index in [1.165, 1.54) is 6.07 Å². The second kappa shape index (κ2) is 8.73. The quantitative estimate of drug-likeness (QED) is 0.442. The van der Waals surface area contributed by atoms with Gasteiger partial charge in [0.15, 0.2) is 0 Å². The number of hydrogen-bond donors (Lipinski definition) is 0. The summed E-state index contributed by atoms with van der Waals surface area (Å²) in [6.45, 7) is 3.67. The Morgan fingerprint density at radius 1 is 1.07 bits per heavy atom. The summed E-state index contributed by atoms with van der Waals surface area (Å²) >= 11 is 5.90. The molecule has 0 spiro atoms. The van der Waals surface area contributed by atoms with E-state index in [2.05, 4.69) is 5.10 Å². The van der Waals surface area contributed by atoms with Gasteiger partial charge in [-0.3, -0.25) is 14.0 Å². The standard InChI is InChI=1S/C23H22ClN3O3/c1-16-21-13-19(7-8-22(21)25-27(16)11-12-29-2)26-10-9-20(14-23(26)28)30-15-17-3-5-18(24)6-4-17/h3-10,13-14H,11-12,15H2,1-2H3. The first kappa shape index (κ1) is 20.2. The van der Waals surface area contributed by atoms with E-state index < -0.39 is 0 Å². The van der Waals surface area contributed by atoms with E-state index in [0.29, 0.717) is 30.5 Å². The molecule has 2 aromatic heterocycles. The molecule has 0 bridgehead atoms. The zero-order valence-corrected chi connectivity index (χ0v) is 17.6. The number of methoxy groups -OCH3 is 1. The van der Waals surface area contributed by atoms with Gasteiger partial charge in [0.2, 0.25) is 0 Å². The topological polar surface area (TPSA) is 58.3 Å². The Balaban J connectivity index is 1.56. The molecule has 0 aliphatic heterocycles. The van der Waals surface area contributed by atoms with Crippen molar-refractivity contribution in [3.05, 3.63) is 87.4 Å². The summed E-state index contributed by atoms with van der Waals surface area (Å²) in [4.78, 5) is 12.7. The fraction of sp³-hybridized carbons (Fsp3) is 0.217. The second-order valence-electron chi connectivity index (χ2n) is 6.99. The van der Waals surface area contributed by atoms with Crippen LogP contribution in [0.15, 0.2) is 65.6 Å². The van der Waals surface area contributed by atoms with E-state index >= 15 is 0 Å². The average Bonchev–Trinajstić information content (AvgIpc) is 3.07. The minimum atomic E-state index is -0.160. The Kier molecular flexibility index (Phi) is 5.88. The summed E-state index contributed by atoms with van der Waals surface area (Å²) in [5.41, 5.74) is 3.54. The van der Waals surface area contributed by atoms with Crippen LogP contribution in [0.3, 0.4) is 0 Å². The Morgan fingerprint density at radius 3 is 2.60 bits per heavy atom. The second-order valence-corrected chi connectivity index (χ2v) is 7.43. The molecule has 0 aliphatic rings. The largest absolute Gasteiger partial charge is 0.489 e. The van der Waals surface area contributed by atoms with Gasteiger partial charge in [-0.25, -0.2) is 0 Å². The van der Waals surface area contributed by atoms with Crippen LogP contribution < -0.4 is 10.3 Å². The molecule has 0 amide bonds. The molecule has 0 aliphatic carbocycles. The van der Waals surface area contributed by atoms with Gasteiger partial charge in [-0.15, -0.1) is 0 Å². The van der Waals surface area contributed by atoms with Crippen LogP contribution in [0, 0.1) is 6.92 Å². The lowest BCUT2D eigenvalue weighted by Gasteiger charge is -2.09. The summed E-state index contributed by atoms with van der Waals surface area (Å²) < 4.78 is 14.4. The lowest BCUT2D eigenvalue weighted by atomic mass is 10.2. The number of benzene rings is 2. The van der Waals surface area contributed by atoms with E-state index in [0.717, 1.165) is 27.8 Å². The van der Waals surface area contributed by atoms with Crippen molar-refractivity contribution in [1.82, 2.24) is 14.3 Å². The Labute approximate surface area is 179 Å². The fourth-order valence-corrected chi connectivity index (χ4v) is 3.43. The summed E-state index contributed by atoms with van der Waals surface area (Å²) in [5, 5.41) is 6.29. The molecular weight excluding hydrogens is 402 g/mol. The van der Waals surface area contributed by atoms with Crippen molar-refractivity contribution >= 4 is 22.5 Å². The summed E-state index contributed by atoms with van der Waals surface area (Å²) in [6.07, 6.45) is 1.73. The van der Waals surface area contributed by atoms with Crippen LogP contribution in [0.5, 0.6) is 5.75 Å². The molecule has 0 saturated carbocycles. The number of halogens is 1. The highest BCUT2D eigenvalue weighted by atomic mass is 35.5. The monoisotopic (exact) mass is 423 g/mol. The number of hydrogen-bond acceptors (Lipinski definition) is 4. The molecule has 7 heteroatoms. The van der Waals surface area contributed by atoms with Crippen molar-refractivity contribution in [2.75, 3.05) is 13.7 Å². The molecular formula is C23H22ClN3O3. The number of nitrogens with zero attached hydrogens (tertiary/aromatic N) is 3. The molecule has 6 nitrogen and oxygen atoms in total. The fourth-order valence-electron chi connectivity index (χ4n) is 3.30. The number of aromatic nitrogens is 3. The highest BCUT2D eigenvalue weighted by molar-refractivity contribution is 6.30. The molecule has 30 heavy (non-hydrogen) atoms. The van der Waals surface area contributed by atoms with Gasteiger partial charge in [-0.2, -0.15) is 5.10 Å². The van der Waals surface area contributed by atoms with Crippen molar-refractivity contribution in [2.24, 2.45) is 0 Å². The van der Waals surface area contributed by atoms with Crippen molar-refractivity contribution in [1.29, 1.82) is 0 Å². The van der Waals surface area contributed by atoms with Crippen LogP contribution in [0.4, 0.5) is 0 Å². The molecule has 2 aromatic carbocycles. The van der Waals surface area contributed by atoms with E-state index in [-0.39, 0.29) is 5.56 Å². The maximum Gasteiger partial charge on any atom is 0.258 e. The zero-order chi connectivity index (χ0) is 21.1. The van der Waals surface area contributed by atoms with Gasteiger partial charge in [0.25, 0.3) is 5.56 Å². The lowest BCUT2D eigenvalue weighted by Crippen LogP contribution is -2.16. The summed E-state index contributed by atoms with van der Waals surface area (Å²) in [7, 11) is 1.67. The predicted octanol–water partition coefficient (Wildman–Crippen LogP) is 4.37. The van der Waals surface area contributed by atoms with Crippen molar-refractivity contribution in [2.45, 2.75) is 20.1 Å². The zero-order valence-electron chi connectivity index (χ0n) is 16.8. The molecule has 0 saturated heterocycles. The average molecular weight is 424 g/mol. The van der Waals surface area contributed by atoms with Crippen molar-refractivity contribution in [3.8, 4) is 11.4 Å². The Hall–Kier alpha value is -3.09. The van der Waals surface area contributed by atoms with Gasteiger partial charge in [-0.1, -0.05) is 23.7 Å². The molecule has 154 valence electrons. The maximum atomic E-state index is 12.7. The molecule has 4 rings (SSSR count).